The summed E-state index contributed by atoms with van der Waals surface area (Å²) in [7, 11) is 1.41. The lowest BCUT2D eigenvalue weighted by Gasteiger charge is -2.54. The molecule has 4 rings (SSSR count). The second kappa shape index (κ2) is 7.46. The summed E-state index contributed by atoms with van der Waals surface area (Å²) in [6.07, 6.45) is 5.12. The Bertz CT molecular complexity index is 932. The molecule has 0 aromatic heterocycles. The zero-order chi connectivity index (χ0) is 20.6. The Hall–Kier alpha value is -2.39. The first kappa shape index (κ1) is 19.9. The van der Waals surface area contributed by atoms with E-state index in [1.54, 1.807) is 0 Å². The number of carbonyl (C=O) groups excluding carboxylic acids is 1. The fourth-order valence-corrected chi connectivity index (χ4v) is 5.57. The van der Waals surface area contributed by atoms with Gasteiger partial charge in [0.2, 0.25) is 0 Å². The number of ether oxygens (including phenoxy) is 1. The van der Waals surface area contributed by atoms with Crippen LogP contribution in [0.5, 0.6) is 0 Å². The molecule has 1 fully saturated rings. The van der Waals surface area contributed by atoms with Crippen LogP contribution in [0.15, 0.2) is 55.1 Å². The Kier molecular flexibility index (Phi) is 5.12. The van der Waals surface area contributed by atoms with Crippen molar-refractivity contribution in [1.29, 1.82) is 0 Å². The lowest BCUT2D eigenvalue weighted by atomic mass is 9.51. The minimum Gasteiger partial charge on any atom is -0.465 e. The number of hydrogen-bond donors (Lipinski definition) is 1. The van der Waals surface area contributed by atoms with Crippen LogP contribution < -0.4 is 0 Å². The topological polar surface area (TPSA) is 46.5 Å². The predicted octanol–water partition coefficient (Wildman–Crippen LogP) is 5.31. The van der Waals surface area contributed by atoms with Gasteiger partial charge in [-0.2, -0.15) is 0 Å². The quantitative estimate of drug-likeness (QED) is 0.720. The van der Waals surface area contributed by atoms with E-state index in [1.165, 1.54) is 18.2 Å². The van der Waals surface area contributed by atoms with Crippen molar-refractivity contribution in [3.05, 3.63) is 77.4 Å². The summed E-state index contributed by atoms with van der Waals surface area (Å²) in [6, 6.07) is 16.6. The molecule has 2 aromatic rings. The second-order valence-electron chi connectivity index (χ2n) is 8.86. The first-order valence-corrected chi connectivity index (χ1v) is 10.6. The summed E-state index contributed by atoms with van der Waals surface area (Å²) < 4.78 is 4.93. The normalized spacial score (nSPS) is 28.4. The Morgan fingerprint density at radius 1 is 1.21 bits per heavy atom. The molecule has 0 saturated heterocycles. The lowest BCUT2D eigenvalue weighted by Crippen LogP contribution is -2.50. The first-order chi connectivity index (χ1) is 13.9. The van der Waals surface area contributed by atoms with Crippen LogP contribution in [0, 0.1) is 5.92 Å². The standard InChI is InChI=1S/C26H30O3/c1-4-25(28)12-13-26(16-19-8-6-5-7-9-19)21(17-25)14-18(2)22-15-20(24(27)29-3)10-11-23(22)26/h5-11,15,21,28H,2,4,12-14,16-17H2,1,3H3/t21?,25-,26+/m1/s1. The molecule has 1 N–H and O–H groups in total. The number of methoxy groups -OCH3 is 1. The van der Waals surface area contributed by atoms with E-state index in [0.717, 1.165) is 49.7 Å². The van der Waals surface area contributed by atoms with Gasteiger partial charge in [0.25, 0.3) is 0 Å². The molecule has 152 valence electrons. The molecule has 3 heteroatoms. The van der Waals surface area contributed by atoms with Crippen molar-refractivity contribution >= 4 is 11.5 Å². The summed E-state index contributed by atoms with van der Waals surface area (Å²) in [4.78, 5) is 12.1. The monoisotopic (exact) mass is 390 g/mol. The van der Waals surface area contributed by atoms with E-state index in [-0.39, 0.29) is 11.4 Å². The van der Waals surface area contributed by atoms with Crippen molar-refractivity contribution in [3.63, 3.8) is 0 Å². The van der Waals surface area contributed by atoms with Crippen LogP contribution in [0.4, 0.5) is 0 Å². The van der Waals surface area contributed by atoms with Crippen LogP contribution in [0.3, 0.4) is 0 Å². The number of benzene rings is 2. The minimum absolute atomic E-state index is 0.0477. The van der Waals surface area contributed by atoms with Crippen LogP contribution in [0.1, 0.15) is 66.1 Å². The van der Waals surface area contributed by atoms with E-state index in [4.69, 9.17) is 4.74 Å². The number of fused-ring (bicyclic) bond motifs is 3. The van der Waals surface area contributed by atoms with E-state index >= 15 is 0 Å². The van der Waals surface area contributed by atoms with Gasteiger partial charge in [0.1, 0.15) is 0 Å². The molecule has 2 aliphatic rings. The number of allylic oxidation sites excluding steroid dienone is 1. The number of carbonyl (C=O) groups is 1. The molecule has 29 heavy (non-hydrogen) atoms. The van der Waals surface area contributed by atoms with Crippen LogP contribution in [0.25, 0.3) is 5.57 Å². The lowest BCUT2D eigenvalue weighted by molar-refractivity contribution is -0.0485. The van der Waals surface area contributed by atoms with Crippen LogP contribution in [0.2, 0.25) is 0 Å². The maximum atomic E-state index is 12.1. The van der Waals surface area contributed by atoms with Gasteiger partial charge in [-0.05, 0) is 78.8 Å². The van der Waals surface area contributed by atoms with Gasteiger partial charge in [-0.15, -0.1) is 0 Å². The average Bonchev–Trinajstić information content (AvgIpc) is 2.75. The number of esters is 1. The van der Waals surface area contributed by atoms with Crippen molar-refractivity contribution < 1.29 is 14.6 Å². The second-order valence-corrected chi connectivity index (χ2v) is 8.86. The largest absolute Gasteiger partial charge is 0.465 e. The summed E-state index contributed by atoms with van der Waals surface area (Å²) in [6.45, 7) is 6.43. The van der Waals surface area contributed by atoms with Crippen molar-refractivity contribution in [1.82, 2.24) is 0 Å². The fourth-order valence-electron chi connectivity index (χ4n) is 5.57. The third kappa shape index (κ3) is 3.42. The highest BCUT2D eigenvalue weighted by molar-refractivity contribution is 5.91. The molecular formula is C26H30O3. The Balaban J connectivity index is 1.84. The van der Waals surface area contributed by atoms with Gasteiger partial charge in [0, 0.05) is 5.41 Å². The molecule has 0 heterocycles. The van der Waals surface area contributed by atoms with Gasteiger partial charge in [-0.25, -0.2) is 4.79 Å². The fraction of sp³-hybridized carbons (Fsp3) is 0.423. The number of aliphatic hydroxyl groups is 1. The molecule has 0 aliphatic heterocycles. The minimum atomic E-state index is -0.589. The molecular weight excluding hydrogens is 360 g/mol. The molecule has 2 aromatic carbocycles. The smallest absolute Gasteiger partial charge is 0.337 e. The Morgan fingerprint density at radius 2 is 1.97 bits per heavy atom. The maximum absolute atomic E-state index is 12.1. The van der Waals surface area contributed by atoms with Crippen molar-refractivity contribution in [2.24, 2.45) is 5.92 Å². The number of rotatable bonds is 4. The molecule has 0 spiro atoms. The van der Waals surface area contributed by atoms with Gasteiger partial charge in [0.15, 0.2) is 0 Å². The Labute approximate surface area is 173 Å². The molecule has 3 atom stereocenters. The highest BCUT2D eigenvalue weighted by atomic mass is 16.5. The Morgan fingerprint density at radius 3 is 2.66 bits per heavy atom. The summed E-state index contributed by atoms with van der Waals surface area (Å²) in [5.41, 5.74) is 4.66. The summed E-state index contributed by atoms with van der Waals surface area (Å²) in [5, 5.41) is 11.1. The SMILES string of the molecule is C=C1CC2C[C@@](O)(CC)CC[C@@]2(Cc2ccccc2)c2ccc(C(=O)OC)cc21. The summed E-state index contributed by atoms with van der Waals surface area (Å²) in [5.74, 6) is 0.0224. The molecule has 2 aliphatic carbocycles. The van der Waals surface area contributed by atoms with E-state index in [2.05, 4.69) is 49.9 Å². The summed E-state index contributed by atoms with van der Waals surface area (Å²) >= 11 is 0. The molecule has 0 radical (unpaired) electrons. The van der Waals surface area contributed by atoms with E-state index < -0.39 is 5.60 Å². The van der Waals surface area contributed by atoms with Crippen molar-refractivity contribution in [3.8, 4) is 0 Å². The third-order valence-electron chi connectivity index (χ3n) is 7.32. The molecule has 1 saturated carbocycles. The van der Waals surface area contributed by atoms with Gasteiger partial charge >= 0.3 is 5.97 Å². The third-order valence-corrected chi connectivity index (χ3v) is 7.32. The van der Waals surface area contributed by atoms with Crippen LogP contribution >= 0.6 is 0 Å². The van der Waals surface area contributed by atoms with Gasteiger partial charge in [-0.3, -0.25) is 0 Å². The van der Waals surface area contributed by atoms with E-state index in [0.29, 0.717) is 11.5 Å². The molecule has 0 bridgehead atoms. The van der Waals surface area contributed by atoms with Crippen molar-refractivity contribution in [2.45, 2.75) is 56.5 Å². The predicted molar refractivity (Wildman–Crippen MR) is 116 cm³/mol. The van der Waals surface area contributed by atoms with Gasteiger partial charge in [0.05, 0.1) is 18.3 Å². The van der Waals surface area contributed by atoms with Crippen LogP contribution in [-0.4, -0.2) is 23.8 Å². The zero-order valence-electron chi connectivity index (χ0n) is 17.4. The van der Waals surface area contributed by atoms with Gasteiger partial charge < -0.3 is 9.84 Å². The number of hydrogen-bond acceptors (Lipinski definition) is 3. The van der Waals surface area contributed by atoms with Gasteiger partial charge in [-0.1, -0.05) is 49.9 Å². The highest BCUT2D eigenvalue weighted by Gasteiger charge is 2.51. The molecule has 1 unspecified atom stereocenters. The average molecular weight is 391 g/mol. The molecule has 3 nitrogen and oxygen atoms in total. The van der Waals surface area contributed by atoms with Crippen LogP contribution in [-0.2, 0) is 16.6 Å². The first-order valence-electron chi connectivity index (χ1n) is 10.6. The maximum Gasteiger partial charge on any atom is 0.337 e. The molecule has 0 amide bonds. The zero-order valence-corrected chi connectivity index (χ0v) is 17.4. The van der Waals surface area contributed by atoms with E-state index in [1.807, 2.05) is 12.1 Å². The van der Waals surface area contributed by atoms with Crippen molar-refractivity contribution in [2.75, 3.05) is 7.11 Å². The highest BCUT2D eigenvalue weighted by Crippen LogP contribution is 2.57. The van der Waals surface area contributed by atoms with E-state index in [9.17, 15) is 9.90 Å².